The van der Waals surface area contributed by atoms with Crippen molar-refractivity contribution < 1.29 is 29.0 Å². The Hall–Kier alpha value is -1.98. The van der Waals surface area contributed by atoms with Gasteiger partial charge in [-0.25, -0.2) is 0 Å². The summed E-state index contributed by atoms with van der Waals surface area (Å²) < 4.78 is 5.64. The number of ether oxygens (including phenoxy) is 1. The van der Waals surface area contributed by atoms with Crippen LogP contribution in [0.4, 0.5) is 0 Å². The number of carbonyl (C=O) groups is 4. The van der Waals surface area contributed by atoms with Crippen LogP contribution >= 0.6 is 0 Å². The maximum Gasteiger partial charge on any atom is 0.306 e. The van der Waals surface area contributed by atoms with E-state index in [1.54, 1.807) is 13.0 Å². The molecule has 6 nitrogen and oxygen atoms in total. The van der Waals surface area contributed by atoms with Gasteiger partial charge >= 0.3 is 5.97 Å². The maximum absolute atomic E-state index is 12.3. The van der Waals surface area contributed by atoms with E-state index in [0.29, 0.717) is 36.4 Å². The van der Waals surface area contributed by atoms with Crippen LogP contribution in [0.15, 0.2) is 11.6 Å². The van der Waals surface area contributed by atoms with Gasteiger partial charge in [0.15, 0.2) is 5.78 Å². The number of fused-ring (bicyclic) bond motifs is 5. The molecule has 6 atom stereocenters. The van der Waals surface area contributed by atoms with Gasteiger partial charge in [0.25, 0.3) is 0 Å². The van der Waals surface area contributed by atoms with E-state index in [0.717, 1.165) is 44.1 Å². The van der Waals surface area contributed by atoms with Gasteiger partial charge in [0.2, 0.25) is 0 Å². The van der Waals surface area contributed by atoms with Crippen molar-refractivity contribution in [2.24, 2.45) is 34.5 Å². The van der Waals surface area contributed by atoms with Gasteiger partial charge in [0, 0.05) is 23.7 Å². The minimum atomic E-state index is -1.26. The Morgan fingerprint density at radius 3 is 2.55 bits per heavy atom. The minimum Gasteiger partial charge on any atom is -0.550 e. The number of carbonyl (C=O) groups excluding carboxylic acids is 4. The fraction of sp³-hybridized carbons (Fsp3) is 0.760. The van der Waals surface area contributed by atoms with Crippen LogP contribution in [-0.2, 0) is 23.9 Å². The molecule has 0 amide bonds. The molecule has 170 valence electrons. The average molecular weight is 430 g/mol. The summed E-state index contributed by atoms with van der Waals surface area (Å²) >= 11 is 0. The van der Waals surface area contributed by atoms with Crippen LogP contribution in [0, 0.1) is 34.5 Å². The zero-order chi connectivity index (χ0) is 22.4. The van der Waals surface area contributed by atoms with Crippen molar-refractivity contribution in [2.75, 3.05) is 6.61 Å². The van der Waals surface area contributed by atoms with Gasteiger partial charge in [-0.2, -0.15) is 0 Å². The monoisotopic (exact) mass is 429 g/mol. The fourth-order valence-electron chi connectivity index (χ4n) is 7.79. The molecular weight excluding hydrogens is 396 g/mol. The zero-order valence-electron chi connectivity index (χ0n) is 18.6. The van der Waals surface area contributed by atoms with Crippen LogP contribution in [0.3, 0.4) is 0 Å². The number of aliphatic carboxylic acids is 1. The van der Waals surface area contributed by atoms with E-state index < -0.39 is 11.9 Å². The highest BCUT2D eigenvalue weighted by Crippen LogP contribution is 2.66. The summed E-state index contributed by atoms with van der Waals surface area (Å²) in [7, 11) is 0. The smallest absolute Gasteiger partial charge is 0.306 e. The van der Waals surface area contributed by atoms with Gasteiger partial charge < -0.3 is 14.6 Å². The first kappa shape index (κ1) is 22.2. The lowest BCUT2D eigenvalue weighted by Crippen LogP contribution is -2.53. The predicted molar refractivity (Wildman–Crippen MR) is 110 cm³/mol. The molecule has 0 aromatic carbocycles. The molecule has 0 unspecified atom stereocenters. The lowest BCUT2D eigenvalue weighted by molar-refractivity contribution is -0.305. The molecule has 31 heavy (non-hydrogen) atoms. The first-order valence-corrected chi connectivity index (χ1v) is 11.8. The van der Waals surface area contributed by atoms with Crippen molar-refractivity contribution >= 4 is 23.5 Å². The molecule has 0 aromatic rings. The maximum atomic E-state index is 12.3. The second-order valence-electron chi connectivity index (χ2n) is 10.5. The molecular formula is C25H33O6-. The molecule has 0 saturated heterocycles. The quantitative estimate of drug-likeness (QED) is 0.602. The fourth-order valence-corrected chi connectivity index (χ4v) is 7.79. The summed E-state index contributed by atoms with van der Waals surface area (Å²) in [5.41, 5.74) is 0.830. The van der Waals surface area contributed by atoms with Crippen LogP contribution < -0.4 is 5.11 Å². The van der Waals surface area contributed by atoms with Crippen molar-refractivity contribution in [1.29, 1.82) is 0 Å². The summed E-state index contributed by atoms with van der Waals surface area (Å²) in [5, 5.41) is 10.7. The Bertz CT molecular complexity index is 828. The molecule has 0 aromatic heterocycles. The molecule has 4 aliphatic carbocycles. The van der Waals surface area contributed by atoms with Crippen LogP contribution in [0.5, 0.6) is 0 Å². The van der Waals surface area contributed by atoms with Crippen molar-refractivity contribution in [3.8, 4) is 0 Å². The average Bonchev–Trinajstić information content (AvgIpc) is 3.08. The zero-order valence-corrected chi connectivity index (χ0v) is 18.6. The normalized spacial score (nSPS) is 39.0. The van der Waals surface area contributed by atoms with E-state index in [4.69, 9.17) is 4.74 Å². The van der Waals surface area contributed by atoms with Gasteiger partial charge in [-0.15, -0.1) is 0 Å². The standard InChI is InChI=1S/C25H34O6/c1-15(26)19-5-6-20-18-4-3-16-13-17(27)9-12-25(16,21(18)10-11-24(19,20)2)14-31-23(30)8-7-22(28)29/h13,18-21H,3-12,14H2,1-2H3,(H,28,29)/p-1/t18-,19+,20+,21+,24+,25+/m0/s1. The topological polar surface area (TPSA) is 101 Å². The number of carboxylic acid groups (broad SMARTS) is 1. The van der Waals surface area contributed by atoms with Gasteiger partial charge in [0.05, 0.1) is 6.42 Å². The Balaban J connectivity index is 1.59. The molecule has 3 fully saturated rings. The lowest BCUT2D eigenvalue weighted by Gasteiger charge is -2.58. The lowest BCUT2D eigenvalue weighted by atomic mass is 9.46. The van der Waals surface area contributed by atoms with E-state index in [9.17, 15) is 24.3 Å². The second kappa shape index (κ2) is 8.18. The SMILES string of the molecule is CC(=O)[C@H]1CC[C@@H]2[C@@H]3CCC4=CC(=O)CC[C@]4(COC(=O)CCC(=O)[O-])[C@@H]3CC[C@]12C. The molecule has 6 heteroatoms. The summed E-state index contributed by atoms with van der Waals surface area (Å²) in [4.78, 5) is 47.4. The molecule has 3 saturated carbocycles. The molecule has 0 radical (unpaired) electrons. The largest absolute Gasteiger partial charge is 0.550 e. The van der Waals surface area contributed by atoms with Crippen molar-refractivity contribution in [3.63, 3.8) is 0 Å². The molecule has 0 bridgehead atoms. The number of esters is 1. The highest BCUT2D eigenvalue weighted by Gasteiger charge is 2.61. The predicted octanol–water partition coefficient (Wildman–Crippen LogP) is 2.78. The number of rotatable bonds is 6. The molecule has 4 aliphatic rings. The van der Waals surface area contributed by atoms with Gasteiger partial charge in [0.1, 0.15) is 12.4 Å². The van der Waals surface area contributed by atoms with E-state index in [2.05, 4.69) is 6.92 Å². The molecule has 0 N–H and O–H groups in total. The van der Waals surface area contributed by atoms with Crippen molar-refractivity contribution in [1.82, 2.24) is 0 Å². The summed E-state index contributed by atoms with van der Waals surface area (Å²) in [6, 6.07) is 0. The number of carboxylic acids is 1. The number of hydrogen-bond acceptors (Lipinski definition) is 6. The number of ketones is 2. The van der Waals surface area contributed by atoms with Crippen molar-refractivity contribution in [2.45, 2.75) is 78.1 Å². The van der Waals surface area contributed by atoms with Crippen molar-refractivity contribution in [3.05, 3.63) is 11.6 Å². The molecule has 0 aliphatic heterocycles. The van der Waals surface area contributed by atoms with Crippen LogP contribution in [0.1, 0.15) is 78.1 Å². The summed E-state index contributed by atoms with van der Waals surface area (Å²) in [6.45, 7) is 4.25. The summed E-state index contributed by atoms with van der Waals surface area (Å²) in [5.74, 6) is 0.102. The Labute approximate surface area is 183 Å². The third-order valence-corrected chi connectivity index (χ3v) is 9.20. The Kier molecular flexibility index (Phi) is 5.86. The van der Waals surface area contributed by atoms with Crippen LogP contribution in [0.25, 0.3) is 0 Å². The minimum absolute atomic E-state index is 0.0467. The third-order valence-electron chi connectivity index (χ3n) is 9.20. The molecule has 4 rings (SSSR count). The first-order valence-electron chi connectivity index (χ1n) is 11.8. The van der Waals surface area contributed by atoms with Gasteiger partial charge in [-0.1, -0.05) is 12.5 Å². The van der Waals surface area contributed by atoms with E-state index >= 15 is 0 Å². The Morgan fingerprint density at radius 1 is 1.06 bits per heavy atom. The molecule has 0 heterocycles. The summed E-state index contributed by atoms with van der Waals surface area (Å²) in [6.07, 6.45) is 8.26. The second-order valence-corrected chi connectivity index (χ2v) is 10.5. The highest BCUT2D eigenvalue weighted by molar-refractivity contribution is 5.91. The number of hydrogen-bond donors (Lipinski definition) is 0. The first-order chi connectivity index (χ1) is 14.7. The van der Waals surface area contributed by atoms with Crippen LogP contribution in [-0.4, -0.2) is 30.1 Å². The molecule has 0 spiro atoms. The van der Waals surface area contributed by atoms with Crippen LogP contribution in [0.2, 0.25) is 0 Å². The van der Waals surface area contributed by atoms with Gasteiger partial charge in [-0.3, -0.25) is 14.4 Å². The number of Topliss-reactive ketones (excluding diaryl/α,β-unsaturated/α-hetero) is 1. The van der Waals surface area contributed by atoms with Gasteiger partial charge in [-0.05, 0) is 87.5 Å². The van der Waals surface area contributed by atoms with E-state index in [1.165, 1.54) is 0 Å². The Morgan fingerprint density at radius 2 is 1.84 bits per heavy atom. The van der Waals surface area contributed by atoms with E-state index in [-0.39, 0.29) is 42.0 Å². The third kappa shape index (κ3) is 3.76. The highest BCUT2D eigenvalue weighted by atomic mass is 16.5. The van der Waals surface area contributed by atoms with E-state index in [1.807, 2.05) is 0 Å².